The van der Waals surface area contributed by atoms with Gasteiger partial charge in [0.05, 0.1) is 7.11 Å². The summed E-state index contributed by atoms with van der Waals surface area (Å²) in [5.41, 5.74) is 6.20. The Morgan fingerprint density at radius 3 is 1.81 bits per heavy atom. The molecule has 3 rings (SSSR count). The molecule has 0 aromatic heterocycles. The number of likely N-dealkylation sites (N-methyl/N-ethyl adjacent to an activating group) is 1. The Kier molecular flexibility index (Phi) is 8.94. The average Bonchev–Trinajstić information content (AvgIpc) is 2.86. The summed E-state index contributed by atoms with van der Waals surface area (Å²) in [6.07, 6.45) is 0.929. The van der Waals surface area contributed by atoms with Gasteiger partial charge in [-0.2, -0.15) is 0 Å². The van der Waals surface area contributed by atoms with Gasteiger partial charge in [0.25, 0.3) is 0 Å². The normalized spacial score (nSPS) is 11.9. The third-order valence-corrected chi connectivity index (χ3v) is 5.87. The Labute approximate surface area is 193 Å². The van der Waals surface area contributed by atoms with E-state index >= 15 is 0 Å². The monoisotopic (exact) mass is 429 g/mol. The Balaban J connectivity index is 1.92. The molecule has 0 bridgehead atoms. The molecule has 0 radical (unpaired) electrons. The predicted molar refractivity (Wildman–Crippen MR) is 135 cm³/mol. The molecule has 0 heterocycles. The molecule has 0 saturated heterocycles. The van der Waals surface area contributed by atoms with Crippen LogP contribution in [-0.2, 0) is 0 Å². The van der Waals surface area contributed by atoms with Gasteiger partial charge in [0.1, 0.15) is 18.1 Å². The van der Waals surface area contributed by atoms with Crippen LogP contribution in [0.4, 0.5) is 0 Å². The molecule has 3 aromatic carbocycles. The van der Waals surface area contributed by atoms with Gasteiger partial charge in [-0.3, -0.25) is 0 Å². The highest BCUT2D eigenvalue weighted by Gasteiger charge is 2.13. The van der Waals surface area contributed by atoms with Crippen LogP contribution in [0.1, 0.15) is 43.9 Å². The third kappa shape index (κ3) is 6.02. The lowest BCUT2D eigenvalue weighted by atomic mass is 9.88. The van der Waals surface area contributed by atoms with Crippen molar-refractivity contribution in [2.24, 2.45) is 0 Å². The van der Waals surface area contributed by atoms with Crippen LogP contribution in [0.3, 0.4) is 0 Å². The van der Waals surface area contributed by atoms with Crippen LogP contribution in [0.5, 0.6) is 11.5 Å². The second kappa shape index (κ2) is 12.1. The second-order valence-corrected chi connectivity index (χ2v) is 7.70. The van der Waals surface area contributed by atoms with Crippen molar-refractivity contribution in [1.82, 2.24) is 4.90 Å². The Morgan fingerprint density at radius 2 is 1.25 bits per heavy atom. The maximum Gasteiger partial charge on any atom is 0.119 e. The molecule has 0 aliphatic heterocycles. The fourth-order valence-electron chi connectivity index (χ4n) is 3.99. The van der Waals surface area contributed by atoms with Crippen LogP contribution in [0.25, 0.3) is 11.1 Å². The number of hydrogen-bond donors (Lipinski definition) is 0. The maximum absolute atomic E-state index is 5.99. The molecular weight excluding hydrogens is 394 g/mol. The Bertz CT molecular complexity index is 972. The highest BCUT2D eigenvalue weighted by atomic mass is 16.5. The van der Waals surface area contributed by atoms with Gasteiger partial charge in [-0.05, 0) is 71.6 Å². The molecule has 32 heavy (non-hydrogen) atoms. The summed E-state index contributed by atoms with van der Waals surface area (Å²) in [6, 6.07) is 27.5. The number of benzene rings is 3. The van der Waals surface area contributed by atoms with Gasteiger partial charge < -0.3 is 14.4 Å². The van der Waals surface area contributed by atoms with Gasteiger partial charge in [0.15, 0.2) is 0 Å². The van der Waals surface area contributed by atoms with Crippen LogP contribution in [-0.4, -0.2) is 38.3 Å². The largest absolute Gasteiger partial charge is 0.497 e. The van der Waals surface area contributed by atoms with Gasteiger partial charge in [-0.15, -0.1) is 0 Å². The molecule has 0 aliphatic rings. The number of nitrogens with zero attached hydrogens (tertiary/aromatic N) is 1. The van der Waals surface area contributed by atoms with E-state index in [1.54, 1.807) is 7.11 Å². The van der Waals surface area contributed by atoms with E-state index < -0.39 is 0 Å². The molecule has 0 atom stereocenters. The molecule has 0 saturated carbocycles. The quantitative estimate of drug-likeness (QED) is 0.313. The molecule has 168 valence electrons. The van der Waals surface area contributed by atoms with E-state index in [1.807, 2.05) is 12.1 Å². The van der Waals surface area contributed by atoms with Gasteiger partial charge in [-0.1, -0.05) is 75.4 Å². The van der Waals surface area contributed by atoms with Crippen molar-refractivity contribution < 1.29 is 9.47 Å². The molecule has 3 heteroatoms. The Hall–Kier alpha value is -3.04. The van der Waals surface area contributed by atoms with Crippen LogP contribution in [0, 0.1) is 0 Å². The summed E-state index contributed by atoms with van der Waals surface area (Å²) < 4.78 is 11.4. The van der Waals surface area contributed by atoms with E-state index in [0.717, 1.165) is 37.6 Å². The highest BCUT2D eigenvalue weighted by molar-refractivity contribution is 5.98. The summed E-state index contributed by atoms with van der Waals surface area (Å²) in [5, 5.41) is 0. The molecule has 0 N–H and O–H groups in total. The van der Waals surface area contributed by atoms with Crippen LogP contribution < -0.4 is 9.47 Å². The van der Waals surface area contributed by atoms with Gasteiger partial charge >= 0.3 is 0 Å². The van der Waals surface area contributed by atoms with Crippen molar-refractivity contribution in [2.45, 2.75) is 27.2 Å². The SMILES string of the molecule is CC/C(=C(\c1ccccc1)c1ccc(OC)cc1)c1ccc(OCCN(CC)CC)cc1. The van der Waals surface area contributed by atoms with Crippen molar-refractivity contribution in [1.29, 1.82) is 0 Å². The van der Waals surface area contributed by atoms with Crippen molar-refractivity contribution in [2.75, 3.05) is 33.4 Å². The predicted octanol–water partition coefficient (Wildman–Crippen LogP) is 6.78. The fraction of sp³-hybridized carbons (Fsp3) is 0.310. The minimum absolute atomic E-state index is 0.707. The molecule has 3 nitrogen and oxygen atoms in total. The molecule has 0 aliphatic carbocycles. The lowest BCUT2D eigenvalue weighted by molar-refractivity contribution is 0.223. The second-order valence-electron chi connectivity index (χ2n) is 7.70. The number of methoxy groups -OCH3 is 1. The van der Waals surface area contributed by atoms with Gasteiger partial charge in [0, 0.05) is 6.54 Å². The number of hydrogen-bond acceptors (Lipinski definition) is 3. The minimum atomic E-state index is 0.707. The van der Waals surface area contributed by atoms with Crippen molar-refractivity contribution in [3.8, 4) is 11.5 Å². The molecule has 3 aromatic rings. The van der Waals surface area contributed by atoms with E-state index in [9.17, 15) is 0 Å². The molecule has 0 fully saturated rings. The molecule has 0 unspecified atom stereocenters. The number of rotatable bonds is 11. The number of allylic oxidation sites excluding steroid dienone is 1. The standard InChI is InChI=1S/C29H35NO2/c1-5-28(23-13-19-27(20-14-23)32-22-21-30(6-2)7-3)29(24-11-9-8-10-12-24)25-15-17-26(31-4)18-16-25/h8-20H,5-7,21-22H2,1-4H3/b29-28-. The minimum Gasteiger partial charge on any atom is -0.497 e. The van der Waals surface area contributed by atoms with Crippen LogP contribution in [0.15, 0.2) is 78.9 Å². The maximum atomic E-state index is 5.99. The van der Waals surface area contributed by atoms with Crippen molar-refractivity contribution in [3.63, 3.8) is 0 Å². The molecule has 0 amide bonds. The first kappa shape index (κ1) is 23.6. The van der Waals surface area contributed by atoms with E-state index in [0.29, 0.717) is 6.61 Å². The van der Waals surface area contributed by atoms with E-state index in [-0.39, 0.29) is 0 Å². The molecular formula is C29H35NO2. The lowest BCUT2D eigenvalue weighted by Crippen LogP contribution is -2.27. The van der Waals surface area contributed by atoms with Crippen molar-refractivity contribution in [3.05, 3.63) is 95.6 Å². The third-order valence-electron chi connectivity index (χ3n) is 5.87. The average molecular weight is 430 g/mol. The molecule has 0 spiro atoms. The Morgan fingerprint density at radius 1 is 0.688 bits per heavy atom. The van der Waals surface area contributed by atoms with E-state index in [1.165, 1.54) is 27.8 Å². The van der Waals surface area contributed by atoms with E-state index in [2.05, 4.69) is 92.4 Å². The first-order chi connectivity index (χ1) is 15.7. The van der Waals surface area contributed by atoms with Crippen molar-refractivity contribution >= 4 is 11.1 Å². The zero-order valence-corrected chi connectivity index (χ0v) is 19.8. The van der Waals surface area contributed by atoms with Crippen LogP contribution in [0.2, 0.25) is 0 Å². The zero-order valence-electron chi connectivity index (χ0n) is 19.8. The summed E-state index contributed by atoms with van der Waals surface area (Å²) in [6.45, 7) is 10.3. The smallest absolute Gasteiger partial charge is 0.119 e. The summed E-state index contributed by atoms with van der Waals surface area (Å²) >= 11 is 0. The van der Waals surface area contributed by atoms with Gasteiger partial charge in [-0.25, -0.2) is 0 Å². The first-order valence-electron chi connectivity index (χ1n) is 11.6. The summed E-state index contributed by atoms with van der Waals surface area (Å²) in [4.78, 5) is 2.37. The number of ether oxygens (including phenoxy) is 2. The highest BCUT2D eigenvalue weighted by Crippen LogP contribution is 2.35. The fourth-order valence-corrected chi connectivity index (χ4v) is 3.99. The zero-order chi connectivity index (χ0) is 22.8. The summed E-state index contributed by atoms with van der Waals surface area (Å²) in [5.74, 6) is 1.78. The first-order valence-corrected chi connectivity index (χ1v) is 11.6. The van der Waals surface area contributed by atoms with Gasteiger partial charge in [0.2, 0.25) is 0 Å². The van der Waals surface area contributed by atoms with E-state index in [4.69, 9.17) is 9.47 Å². The topological polar surface area (TPSA) is 21.7 Å². The van der Waals surface area contributed by atoms with Crippen LogP contribution >= 0.6 is 0 Å². The summed E-state index contributed by atoms with van der Waals surface area (Å²) in [7, 11) is 1.70. The lowest BCUT2D eigenvalue weighted by Gasteiger charge is -2.19.